The van der Waals surface area contributed by atoms with Crippen LogP contribution in [0.15, 0.2) is 47.4 Å². The lowest BCUT2D eigenvalue weighted by Gasteiger charge is -2.14. The average molecular weight is 428 g/mol. The maximum Gasteiger partial charge on any atom is 0.307 e. The molecular weight excluding hydrogens is 409 g/mol. The number of carbonyl (C=O) groups is 2. The molecule has 0 heterocycles. The topological polar surface area (TPSA) is 89.5 Å². The molecule has 0 spiro atoms. The minimum absolute atomic E-state index is 0.00364. The van der Waals surface area contributed by atoms with E-state index in [4.69, 9.17) is 16.3 Å². The normalized spacial score (nSPS) is 12.3. The molecule has 2 aromatic carbocycles. The summed E-state index contributed by atoms with van der Waals surface area (Å²) in [5.41, 5.74) is 1.08. The van der Waals surface area contributed by atoms with Crippen molar-refractivity contribution in [2.45, 2.75) is 31.3 Å². The Morgan fingerprint density at radius 3 is 2.43 bits per heavy atom. The number of hydrogen-bond acceptors (Lipinski definition) is 5. The van der Waals surface area contributed by atoms with Crippen LogP contribution in [0, 0.1) is 12.7 Å². The zero-order valence-electron chi connectivity index (χ0n) is 15.2. The second-order valence-corrected chi connectivity index (χ2v) is 8.64. The molecule has 6 nitrogen and oxygen atoms in total. The lowest BCUT2D eigenvalue weighted by Crippen LogP contribution is -2.30. The highest BCUT2D eigenvalue weighted by Gasteiger charge is 2.21. The highest BCUT2D eigenvalue weighted by atomic mass is 35.5. The van der Waals surface area contributed by atoms with Crippen molar-refractivity contribution in [1.82, 2.24) is 0 Å². The van der Waals surface area contributed by atoms with Gasteiger partial charge in [-0.1, -0.05) is 29.3 Å². The smallest absolute Gasteiger partial charge is 0.307 e. The first-order chi connectivity index (χ1) is 13.1. The summed E-state index contributed by atoms with van der Waals surface area (Å²) in [6.07, 6.45) is -1.58. The standard InChI is InChI=1S/C19H19ClFNO5S/c1-12-3-6-15(7-4-12)28(25,26)10-9-18(23)27-13(2)19(24)22-17-8-5-14(21)11-16(17)20/h3-8,11,13H,9-10H2,1-2H3,(H,22,24). The lowest BCUT2D eigenvalue weighted by atomic mass is 10.2. The van der Waals surface area contributed by atoms with E-state index in [1.807, 2.05) is 6.92 Å². The molecule has 1 N–H and O–H groups in total. The molecular formula is C19H19ClFNO5S. The van der Waals surface area contributed by atoms with Crippen molar-refractivity contribution in [2.24, 2.45) is 0 Å². The SMILES string of the molecule is Cc1ccc(S(=O)(=O)CCC(=O)OC(C)C(=O)Nc2ccc(F)cc2Cl)cc1. The molecule has 0 aliphatic rings. The molecule has 2 aromatic rings. The number of aryl methyl sites for hydroxylation is 1. The summed E-state index contributed by atoms with van der Waals surface area (Å²) in [6, 6.07) is 9.70. The van der Waals surface area contributed by atoms with Crippen LogP contribution in [0.25, 0.3) is 0 Å². The van der Waals surface area contributed by atoms with Crippen molar-refractivity contribution in [2.75, 3.05) is 11.1 Å². The fourth-order valence-corrected chi connectivity index (χ4v) is 3.65. The first kappa shape index (κ1) is 21.8. The predicted molar refractivity (Wildman–Crippen MR) is 103 cm³/mol. The molecule has 0 bridgehead atoms. The summed E-state index contributed by atoms with van der Waals surface area (Å²) in [6.45, 7) is 3.17. The zero-order chi connectivity index (χ0) is 20.9. The van der Waals surface area contributed by atoms with Crippen LogP contribution in [0.5, 0.6) is 0 Å². The van der Waals surface area contributed by atoms with Gasteiger partial charge < -0.3 is 10.1 Å². The molecule has 1 atom stereocenters. The van der Waals surface area contributed by atoms with E-state index in [1.54, 1.807) is 12.1 Å². The molecule has 150 valence electrons. The number of rotatable bonds is 7. The Bertz CT molecular complexity index is 976. The lowest BCUT2D eigenvalue weighted by molar-refractivity contribution is -0.152. The third kappa shape index (κ3) is 6.03. The zero-order valence-corrected chi connectivity index (χ0v) is 16.8. The van der Waals surface area contributed by atoms with Crippen molar-refractivity contribution < 1.29 is 27.1 Å². The van der Waals surface area contributed by atoms with Gasteiger partial charge in [0.1, 0.15) is 5.82 Å². The summed E-state index contributed by atoms with van der Waals surface area (Å²) in [7, 11) is -3.64. The van der Waals surface area contributed by atoms with E-state index in [1.165, 1.54) is 25.1 Å². The summed E-state index contributed by atoms with van der Waals surface area (Å²) in [4.78, 5) is 24.1. The van der Waals surface area contributed by atoms with Gasteiger partial charge >= 0.3 is 5.97 Å². The minimum atomic E-state index is -3.64. The number of halogens is 2. The van der Waals surface area contributed by atoms with Crippen molar-refractivity contribution >= 4 is 39.0 Å². The average Bonchev–Trinajstić information content (AvgIpc) is 2.62. The molecule has 0 saturated carbocycles. The van der Waals surface area contributed by atoms with Gasteiger partial charge in [-0.2, -0.15) is 0 Å². The summed E-state index contributed by atoms with van der Waals surface area (Å²) >= 11 is 5.82. The maximum atomic E-state index is 13.0. The van der Waals surface area contributed by atoms with Gasteiger partial charge in [0, 0.05) is 0 Å². The van der Waals surface area contributed by atoms with Gasteiger partial charge in [-0.3, -0.25) is 9.59 Å². The van der Waals surface area contributed by atoms with Crippen LogP contribution in [0.2, 0.25) is 5.02 Å². The molecule has 0 saturated heterocycles. The van der Waals surface area contributed by atoms with E-state index in [-0.39, 0.29) is 15.6 Å². The monoisotopic (exact) mass is 427 g/mol. The van der Waals surface area contributed by atoms with Gasteiger partial charge in [0.15, 0.2) is 15.9 Å². The first-order valence-electron chi connectivity index (χ1n) is 8.33. The Balaban J connectivity index is 1.89. The van der Waals surface area contributed by atoms with Crippen LogP contribution < -0.4 is 5.32 Å². The first-order valence-corrected chi connectivity index (χ1v) is 10.4. The summed E-state index contributed by atoms with van der Waals surface area (Å²) < 4.78 is 42.5. The van der Waals surface area contributed by atoms with E-state index in [2.05, 4.69) is 5.32 Å². The highest BCUT2D eigenvalue weighted by molar-refractivity contribution is 7.91. The maximum absolute atomic E-state index is 13.0. The van der Waals surface area contributed by atoms with Crippen LogP contribution >= 0.6 is 11.6 Å². The number of anilines is 1. The van der Waals surface area contributed by atoms with Gasteiger partial charge in [0.05, 0.1) is 27.8 Å². The molecule has 2 rings (SSSR count). The Morgan fingerprint density at radius 2 is 1.82 bits per heavy atom. The molecule has 0 radical (unpaired) electrons. The quantitative estimate of drug-likeness (QED) is 0.683. The van der Waals surface area contributed by atoms with Crippen LogP contribution in [-0.2, 0) is 24.2 Å². The second-order valence-electron chi connectivity index (χ2n) is 6.13. The van der Waals surface area contributed by atoms with E-state index >= 15 is 0 Å². The summed E-state index contributed by atoms with van der Waals surface area (Å²) in [5, 5.41) is 2.41. The Labute approximate surface area is 167 Å². The Hall–Kier alpha value is -2.45. The third-order valence-electron chi connectivity index (χ3n) is 3.82. The fraction of sp³-hybridized carbons (Fsp3) is 0.263. The minimum Gasteiger partial charge on any atom is -0.453 e. The van der Waals surface area contributed by atoms with Crippen molar-refractivity contribution in [1.29, 1.82) is 0 Å². The largest absolute Gasteiger partial charge is 0.453 e. The van der Waals surface area contributed by atoms with E-state index in [0.29, 0.717) is 0 Å². The number of amides is 1. The molecule has 0 aliphatic carbocycles. The molecule has 0 aliphatic heterocycles. The van der Waals surface area contributed by atoms with E-state index in [0.717, 1.165) is 17.7 Å². The number of esters is 1. The Morgan fingerprint density at radius 1 is 1.18 bits per heavy atom. The number of carbonyl (C=O) groups excluding carboxylic acids is 2. The molecule has 1 unspecified atom stereocenters. The van der Waals surface area contributed by atoms with Gasteiger partial charge in [-0.25, -0.2) is 12.8 Å². The van der Waals surface area contributed by atoms with Gasteiger partial charge in [0.2, 0.25) is 0 Å². The van der Waals surface area contributed by atoms with Crippen molar-refractivity contribution in [3.8, 4) is 0 Å². The number of sulfone groups is 1. The third-order valence-corrected chi connectivity index (χ3v) is 5.87. The number of nitrogens with one attached hydrogen (secondary N) is 1. The predicted octanol–water partition coefficient (Wildman–Crippen LogP) is 3.52. The van der Waals surface area contributed by atoms with Crippen molar-refractivity contribution in [3.63, 3.8) is 0 Å². The molecule has 0 aromatic heterocycles. The fourth-order valence-electron chi connectivity index (χ4n) is 2.22. The molecule has 1 amide bonds. The molecule has 0 fully saturated rings. The van der Waals surface area contributed by atoms with Gasteiger partial charge in [0.25, 0.3) is 5.91 Å². The van der Waals surface area contributed by atoms with Crippen LogP contribution in [0.3, 0.4) is 0 Å². The second kappa shape index (κ2) is 9.16. The highest BCUT2D eigenvalue weighted by Crippen LogP contribution is 2.22. The van der Waals surface area contributed by atoms with Gasteiger partial charge in [-0.05, 0) is 44.2 Å². The molecule has 28 heavy (non-hydrogen) atoms. The number of ether oxygens (including phenoxy) is 1. The summed E-state index contributed by atoms with van der Waals surface area (Å²) in [5.74, 6) is -2.50. The van der Waals surface area contributed by atoms with E-state index < -0.39 is 45.8 Å². The van der Waals surface area contributed by atoms with Crippen molar-refractivity contribution in [3.05, 3.63) is 58.9 Å². The number of hydrogen-bond donors (Lipinski definition) is 1. The van der Waals surface area contributed by atoms with E-state index in [9.17, 15) is 22.4 Å². The Kier molecular flexibility index (Phi) is 7.15. The van der Waals surface area contributed by atoms with Crippen LogP contribution in [0.1, 0.15) is 18.9 Å². The molecule has 9 heteroatoms. The van der Waals surface area contributed by atoms with Gasteiger partial charge in [-0.15, -0.1) is 0 Å². The van der Waals surface area contributed by atoms with Crippen LogP contribution in [-0.4, -0.2) is 32.2 Å². The number of benzene rings is 2. The van der Waals surface area contributed by atoms with Crippen LogP contribution in [0.4, 0.5) is 10.1 Å².